The molecule has 1 aromatic heterocycles. The van der Waals surface area contributed by atoms with E-state index in [1.807, 2.05) is 18.2 Å². The van der Waals surface area contributed by atoms with E-state index in [1.165, 1.54) is 24.7 Å². The van der Waals surface area contributed by atoms with E-state index in [4.69, 9.17) is 0 Å². The molecule has 0 unspecified atom stereocenters. The van der Waals surface area contributed by atoms with Crippen molar-refractivity contribution in [3.05, 3.63) is 83.4 Å². The molecule has 0 fully saturated rings. The van der Waals surface area contributed by atoms with Gasteiger partial charge in [0.25, 0.3) is 5.91 Å². The van der Waals surface area contributed by atoms with E-state index in [0.717, 1.165) is 35.2 Å². The summed E-state index contributed by atoms with van der Waals surface area (Å²) in [5, 5.41) is 0. The molecule has 4 nitrogen and oxygen atoms in total. The number of hydrogen-bond donors (Lipinski definition) is 0. The molecule has 0 saturated carbocycles. The van der Waals surface area contributed by atoms with Crippen molar-refractivity contribution in [1.29, 1.82) is 0 Å². The van der Waals surface area contributed by atoms with Gasteiger partial charge in [-0.1, -0.05) is 24.3 Å². The lowest BCUT2D eigenvalue weighted by Gasteiger charge is -2.29. The number of amides is 1. The summed E-state index contributed by atoms with van der Waals surface area (Å²) in [4.78, 5) is 22.2. The molecule has 0 spiro atoms. The molecule has 0 bridgehead atoms. The molecule has 142 valence electrons. The summed E-state index contributed by atoms with van der Waals surface area (Å²) < 4.78 is 38.3. The largest absolute Gasteiger partial charge is 0.416 e. The fourth-order valence-corrected chi connectivity index (χ4v) is 3.34. The molecule has 28 heavy (non-hydrogen) atoms. The van der Waals surface area contributed by atoms with Crippen molar-refractivity contribution in [3.63, 3.8) is 0 Å². The van der Waals surface area contributed by atoms with Crippen molar-refractivity contribution in [3.8, 4) is 11.1 Å². The van der Waals surface area contributed by atoms with Gasteiger partial charge in [-0.25, -0.2) is 9.97 Å². The maximum atomic E-state index is 12.8. The highest BCUT2D eigenvalue weighted by Gasteiger charge is 2.30. The van der Waals surface area contributed by atoms with Gasteiger partial charge in [-0.2, -0.15) is 13.2 Å². The zero-order chi connectivity index (χ0) is 19.7. The molecule has 2 heterocycles. The van der Waals surface area contributed by atoms with Gasteiger partial charge in [-0.3, -0.25) is 4.79 Å². The van der Waals surface area contributed by atoms with Gasteiger partial charge in [0.2, 0.25) is 0 Å². The van der Waals surface area contributed by atoms with Gasteiger partial charge in [-0.05, 0) is 52.9 Å². The Morgan fingerprint density at radius 1 is 0.964 bits per heavy atom. The average Bonchev–Trinajstić information content (AvgIpc) is 2.72. The number of carbonyl (C=O) groups excluding carboxylic acids is 1. The highest BCUT2D eigenvalue weighted by Crippen LogP contribution is 2.32. The zero-order valence-corrected chi connectivity index (χ0v) is 14.8. The van der Waals surface area contributed by atoms with Crippen LogP contribution in [-0.4, -0.2) is 27.3 Å². The Morgan fingerprint density at radius 2 is 1.71 bits per heavy atom. The molecule has 4 rings (SSSR count). The van der Waals surface area contributed by atoms with Gasteiger partial charge in [-0.15, -0.1) is 0 Å². The van der Waals surface area contributed by atoms with Crippen LogP contribution in [0.5, 0.6) is 0 Å². The highest BCUT2D eigenvalue weighted by molar-refractivity contribution is 5.92. The minimum absolute atomic E-state index is 0.159. The topological polar surface area (TPSA) is 46.1 Å². The number of carbonyl (C=O) groups is 1. The molecule has 0 atom stereocenters. The first-order valence-corrected chi connectivity index (χ1v) is 8.76. The predicted molar refractivity (Wildman–Crippen MR) is 97.4 cm³/mol. The summed E-state index contributed by atoms with van der Waals surface area (Å²) in [6.07, 6.45) is -0.760. The zero-order valence-electron chi connectivity index (χ0n) is 14.8. The van der Waals surface area contributed by atoms with Crippen molar-refractivity contribution in [2.75, 3.05) is 6.54 Å². The molecule has 0 saturated heterocycles. The minimum Gasteiger partial charge on any atom is -0.333 e. The van der Waals surface area contributed by atoms with Gasteiger partial charge in [0, 0.05) is 19.3 Å². The van der Waals surface area contributed by atoms with Crippen LogP contribution in [-0.2, 0) is 19.1 Å². The Bertz CT molecular complexity index is 1000. The Labute approximate surface area is 159 Å². The number of hydrogen-bond acceptors (Lipinski definition) is 3. The van der Waals surface area contributed by atoms with E-state index in [2.05, 4.69) is 9.97 Å². The summed E-state index contributed by atoms with van der Waals surface area (Å²) in [5.41, 5.74) is 3.33. The Hall–Kier alpha value is -3.22. The van der Waals surface area contributed by atoms with E-state index in [-0.39, 0.29) is 5.91 Å². The fraction of sp³-hybridized carbons (Fsp3) is 0.190. The number of nitrogens with zero attached hydrogens (tertiary/aromatic N) is 3. The summed E-state index contributed by atoms with van der Waals surface area (Å²) >= 11 is 0. The van der Waals surface area contributed by atoms with Crippen molar-refractivity contribution in [2.24, 2.45) is 0 Å². The molecule has 1 aliphatic rings. The maximum absolute atomic E-state index is 12.8. The first-order chi connectivity index (χ1) is 13.4. The van der Waals surface area contributed by atoms with Crippen LogP contribution in [0.15, 0.2) is 61.1 Å². The van der Waals surface area contributed by atoms with Gasteiger partial charge in [0.05, 0.1) is 5.56 Å². The molecule has 2 aromatic carbocycles. The lowest BCUT2D eigenvalue weighted by molar-refractivity contribution is -0.137. The Balaban J connectivity index is 1.58. The molecule has 3 aromatic rings. The van der Waals surface area contributed by atoms with Gasteiger partial charge >= 0.3 is 6.18 Å². The van der Waals surface area contributed by atoms with Crippen LogP contribution in [0.3, 0.4) is 0 Å². The summed E-state index contributed by atoms with van der Waals surface area (Å²) in [6.45, 7) is 1.03. The number of rotatable bonds is 2. The molecule has 0 radical (unpaired) electrons. The molecule has 0 N–H and O–H groups in total. The monoisotopic (exact) mass is 383 g/mol. The molecule has 1 amide bonds. The number of halogens is 3. The third-order valence-corrected chi connectivity index (χ3v) is 4.85. The van der Waals surface area contributed by atoms with Crippen LogP contribution in [0.25, 0.3) is 11.1 Å². The predicted octanol–water partition coefficient (Wildman–Crippen LogP) is 4.36. The van der Waals surface area contributed by atoms with Crippen LogP contribution < -0.4 is 0 Å². The first-order valence-electron chi connectivity index (χ1n) is 8.76. The minimum atomic E-state index is -4.35. The fourth-order valence-electron chi connectivity index (χ4n) is 3.34. The van der Waals surface area contributed by atoms with Crippen LogP contribution in [0.4, 0.5) is 13.2 Å². The van der Waals surface area contributed by atoms with E-state index >= 15 is 0 Å². The van der Waals surface area contributed by atoms with Gasteiger partial charge in [0.15, 0.2) is 0 Å². The number of alkyl halides is 3. The van der Waals surface area contributed by atoms with E-state index in [1.54, 1.807) is 11.0 Å². The summed E-state index contributed by atoms with van der Waals surface area (Å²) in [6, 6.07) is 12.5. The van der Waals surface area contributed by atoms with Crippen LogP contribution in [0, 0.1) is 0 Å². The van der Waals surface area contributed by atoms with Crippen molar-refractivity contribution >= 4 is 5.91 Å². The number of aromatic nitrogens is 2. The smallest absolute Gasteiger partial charge is 0.333 e. The second-order valence-electron chi connectivity index (χ2n) is 6.63. The van der Waals surface area contributed by atoms with Crippen molar-refractivity contribution < 1.29 is 18.0 Å². The van der Waals surface area contributed by atoms with E-state index in [0.29, 0.717) is 24.3 Å². The van der Waals surface area contributed by atoms with E-state index in [9.17, 15) is 18.0 Å². The van der Waals surface area contributed by atoms with Crippen molar-refractivity contribution in [1.82, 2.24) is 14.9 Å². The third kappa shape index (κ3) is 3.60. The molecule has 7 heteroatoms. The Morgan fingerprint density at radius 3 is 2.39 bits per heavy atom. The highest BCUT2D eigenvalue weighted by atomic mass is 19.4. The van der Waals surface area contributed by atoms with Gasteiger partial charge in [0.1, 0.15) is 12.0 Å². The summed E-state index contributed by atoms with van der Waals surface area (Å²) in [7, 11) is 0. The normalized spacial score (nSPS) is 13.9. The lowest BCUT2D eigenvalue weighted by atomic mass is 9.94. The third-order valence-electron chi connectivity index (χ3n) is 4.85. The number of fused-ring (bicyclic) bond motifs is 1. The van der Waals surface area contributed by atoms with E-state index < -0.39 is 11.7 Å². The van der Waals surface area contributed by atoms with Crippen LogP contribution in [0.1, 0.15) is 27.2 Å². The lowest BCUT2D eigenvalue weighted by Crippen LogP contribution is -2.36. The van der Waals surface area contributed by atoms with Crippen LogP contribution in [0.2, 0.25) is 0 Å². The molecular formula is C21H16F3N3O. The van der Waals surface area contributed by atoms with Crippen LogP contribution >= 0.6 is 0 Å². The maximum Gasteiger partial charge on any atom is 0.416 e. The molecule has 0 aliphatic carbocycles. The Kier molecular flexibility index (Phi) is 4.58. The summed E-state index contributed by atoms with van der Waals surface area (Å²) in [5.74, 6) is -0.159. The number of benzene rings is 2. The van der Waals surface area contributed by atoms with Crippen molar-refractivity contribution in [2.45, 2.75) is 19.1 Å². The standard InChI is InChI=1S/C21H16F3N3O/c22-21(23,24)18-5-3-14(4-6-18)16-2-1-15-8-10-27(12-17(15)11-16)20(28)19-7-9-25-13-26-19/h1-7,9,11,13H,8,10,12H2. The average molecular weight is 383 g/mol. The van der Waals surface area contributed by atoms with Gasteiger partial charge < -0.3 is 4.90 Å². The SMILES string of the molecule is O=C(c1ccncn1)N1CCc2ccc(-c3ccc(C(F)(F)F)cc3)cc2C1. The first kappa shape index (κ1) is 18.2. The quantitative estimate of drug-likeness (QED) is 0.661. The molecular weight excluding hydrogens is 367 g/mol. The second-order valence-corrected chi connectivity index (χ2v) is 6.63. The molecule has 1 aliphatic heterocycles. The second kappa shape index (κ2) is 7.07.